The van der Waals surface area contributed by atoms with Crippen molar-refractivity contribution in [2.24, 2.45) is 5.92 Å². The summed E-state index contributed by atoms with van der Waals surface area (Å²) >= 11 is 0. The Bertz CT molecular complexity index is 1230. The van der Waals surface area contributed by atoms with Gasteiger partial charge < -0.3 is 16.0 Å². The van der Waals surface area contributed by atoms with Crippen molar-refractivity contribution >= 4 is 28.7 Å². The average Bonchev–Trinajstić information content (AvgIpc) is 3.26. The van der Waals surface area contributed by atoms with Crippen LogP contribution in [0.1, 0.15) is 19.4 Å². The van der Waals surface area contributed by atoms with E-state index in [4.69, 9.17) is 0 Å². The van der Waals surface area contributed by atoms with Gasteiger partial charge in [-0.15, -0.1) is 0 Å². The van der Waals surface area contributed by atoms with Crippen LogP contribution in [0.2, 0.25) is 0 Å². The number of pyridine rings is 1. The van der Waals surface area contributed by atoms with Crippen molar-refractivity contribution < 1.29 is 9.59 Å². The first-order chi connectivity index (χ1) is 16.0. The van der Waals surface area contributed by atoms with Gasteiger partial charge >= 0.3 is 6.03 Å². The summed E-state index contributed by atoms with van der Waals surface area (Å²) in [6.45, 7) is 4.15. The number of carbonyl (C=O) groups is 2. The van der Waals surface area contributed by atoms with Crippen molar-refractivity contribution in [1.29, 1.82) is 0 Å². The maximum absolute atomic E-state index is 12.9. The fourth-order valence-electron chi connectivity index (χ4n) is 3.47. The predicted octanol–water partition coefficient (Wildman–Crippen LogP) is 3.88. The molecule has 0 saturated carbocycles. The van der Waals surface area contributed by atoms with Gasteiger partial charge in [0.1, 0.15) is 18.2 Å². The molecular weight excluding hydrogens is 416 g/mol. The van der Waals surface area contributed by atoms with Gasteiger partial charge in [-0.2, -0.15) is 0 Å². The van der Waals surface area contributed by atoms with Crippen molar-refractivity contribution in [3.63, 3.8) is 0 Å². The van der Waals surface area contributed by atoms with Gasteiger partial charge in [0.2, 0.25) is 5.91 Å². The number of carbonyl (C=O) groups excluding carboxylic acids is 2. The van der Waals surface area contributed by atoms with E-state index in [1.54, 1.807) is 18.6 Å². The number of hydrogen-bond acceptors (Lipinski definition) is 4. The Labute approximate surface area is 192 Å². The summed E-state index contributed by atoms with van der Waals surface area (Å²) in [5.74, 6) is 0.292. The largest absolute Gasteiger partial charge is 0.334 e. The van der Waals surface area contributed by atoms with Crippen molar-refractivity contribution in [3.8, 4) is 5.82 Å². The molecule has 0 fully saturated rings. The highest BCUT2D eigenvalue weighted by atomic mass is 16.2. The standard InChI is InChI=1S/C25H26N6O2/c1-17(2)23(30-25(33)27-14-18-8-4-3-5-9-18)24(32)29-19-12-13-22(26-15-19)31-16-28-20-10-6-7-11-21(20)31/h3-13,15-17,23H,14H2,1-2H3,(H,29,32)(H2,27,30,33). The molecule has 2 aromatic heterocycles. The minimum absolute atomic E-state index is 0.1000. The van der Waals surface area contributed by atoms with Crippen LogP contribution < -0.4 is 16.0 Å². The van der Waals surface area contributed by atoms with Crippen LogP contribution in [-0.4, -0.2) is 32.5 Å². The van der Waals surface area contributed by atoms with Gasteiger partial charge in [0.05, 0.1) is 22.9 Å². The lowest BCUT2D eigenvalue weighted by atomic mass is 10.0. The predicted molar refractivity (Wildman–Crippen MR) is 128 cm³/mol. The van der Waals surface area contributed by atoms with E-state index < -0.39 is 12.1 Å². The van der Waals surface area contributed by atoms with Crippen LogP contribution in [0.4, 0.5) is 10.5 Å². The Morgan fingerprint density at radius 3 is 2.42 bits per heavy atom. The van der Waals surface area contributed by atoms with Crippen LogP contribution in [0.15, 0.2) is 79.3 Å². The molecule has 0 aliphatic carbocycles. The van der Waals surface area contributed by atoms with Gasteiger partial charge in [-0.3, -0.25) is 9.36 Å². The number of imidazole rings is 1. The Hall–Kier alpha value is -4.20. The van der Waals surface area contributed by atoms with E-state index in [0.29, 0.717) is 18.1 Å². The lowest BCUT2D eigenvalue weighted by Crippen LogP contribution is -2.50. The molecule has 168 valence electrons. The summed E-state index contributed by atoms with van der Waals surface area (Å²) < 4.78 is 1.89. The zero-order valence-electron chi connectivity index (χ0n) is 18.5. The van der Waals surface area contributed by atoms with Gasteiger partial charge in [-0.1, -0.05) is 56.3 Å². The van der Waals surface area contributed by atoms with E-state index in [0.717, 1.165) is 16.6 Å². The Balaban J connectivity index is 1.38. The van der Waals surface area contributed by atoms with Gasteiger partial charge in [0, 0.05) is 6.54 Å². The molecule has 8 heteroatoms. The van der Waals surface area contributed by atoms with E-state index in [1.807, 2.05) is 79.1 Å². The third kappa shape index (κ3) is 5.35. The molecule has 4 aromatic rings. The van der Waals surface area contributed by atoms with E-state index >= 15 is 0 Å². The minimum atomic E-state index is -0.696. The Morgan fingerprint density at radius 1 is 0.939 bits per heavy atom. The molecule has 0 bridgehead atoms. The first-order valence-corrected chi connectivity index (χ1v) is 10.8. The smallest absolute Gasteiger partial charge is 0.315 e. The van der Waals surface area contributed by atoms with Crippen LogP contribution in [0.25, 0.3) is 16.9 Å². The van der Waals surface area contributed by atoms with Crippen LogP contribution in [0.5, 0.6) is 0 Å². The number of aromatic nitrogens is 3. The molecule has 4 rings (SSSR count). The van der Waals surface area contributed by atoms with E-state index in [1.165, 1.54) is 0 Å². The van der Waals surface area contributed by atoms with Crippen LogP contribution in [0, 0.1) is 5.92 Å². The topological polar surface area (TPSA) is 101 Å². The molecule has 3 N–H and O–H groups in total. The molecule has 0 aliphatic heterocycles. The lowest BCUT2D eigenvalue weighted by Gasteiger charge is -2.22. The normalized spacial score (nSPS) is 11.8. The monoisotopic (exact) mass is 442 g/mol. The minimum Gasteiger partial charge on any atom is -0.334 e. The summed E-state index contributed by atoms with van der Waals surface area (Å²) in [5.41, 5.74) is 3.36. The van der Waals surface area contributed by atoms with Crippen molar-refractivity contribution in [2.45, 2.75) is 26.4 Å². The van der Waals surface area contributed by atoms with Gasteiger partial charge in [-0.05, 0) is 35.7 Å². The summed E-state index contributed by atoms with van der Waals surface area (Å²) in [6, 6.07) is 19.9. The maximum Gasteiger partial charge on any atom is 0.315 e. The number of nitrogens with one attached hydrogen (secondary N) is 3. The third-order valence-electron chi connectivity index (χ3n) is 5.25. The highest BCUT2D eigenvalue weighted by Gasteiger charge is 2.24. The number of benzene rings is 2. The van der Waals surface area contributed by atoms with E-state index in [2.05, 4.69) is 25.9 Å². The van der Waals surface area contributed by atoms with Crippen molar-refractivity contribution in [2.75, 3.05) is 5.32 Å². The first kappa shape index (κ1) is 22.0. The molecule has 1 atom stereocenters. The molecule has 2 heterocycles. The highest BCUT2D eigenvalue weighted by molar-refractivity contribution is 5.97. The Kier molecular flexibility index (Phi) is 6.64. The third-order valence-corrected chi connectivity index (χ3v) is 5.25. The van der Waals surface area contributed by atoms with Gasteiger partial charge in [-0.25, -0.2) is 14.8 Å². The molecule has 0 saturated heterocycles. The van der Waals surface area contributed by atoms with E-state index in [-0.39, 0.29) is 11.8 Å². The number of hydrogen-bond donors (Lipinski definition) is 3. The molecule has 0 radical (unpaired) electrons. The van der Waals surface area contributed by atoms with Crippen LogP contribution in [0.3, 0.4) is 0 Å². The van der Waals surface area contributed by atoms with Gasteiger partial charge in [0.15, 0.2) is 0 Å². The summed E-state index contributed by atoms with van der Waals surface area (Å²) in [5, 5.41) is 8.40. The summed E-state index contributed by atoms with van der Waals surface area (Å²) in [6.07, 6.45) is 3.31. The first-order valence-electron chi connectivity index (χ1n) is 10.8. The van der Waals surface area contributed by atoms with E-state index in [9.17, 15) is 9.59 Å². The second-order valence-electron chi connectivity index (χ2n) is 8.03. The Morgan fingerprint density at radius 2 is 1.70 bits per heavy atom. The molecule has 2 aromatic carbocycles. The average molecular weight is 443 g/mol. The number of fused-ring (bicyclic) bond motifs is 1. The number of para-hydroxylation sites is 2. The molecule has 0 aliphatic rings. The fraction of sp³-hybridized carbons (Fsp3) is 0.200. The molecule has 0 spiro atoms. The quantitative estimate of drug-likeness (QED) is 0.404. The SMILES string of the molecule is CC(C)C(NC(=O)NCc1ccccc1)C(=O)Nc1ccc(-n2cnc3ccccc32)nc1. The lowest BCUT2D eigenvalue weighted by molar-refractivity contribution is -0.118. The van der Waals surface area contributed by atoms with Crippen LogP contribution >= 0.6 is 0 Å². The number of nitrogens with zero attached hydrogens (tertiary/aromatic N) is 3. The summed E-state index contributed by atoms with van der Waals surface area (Å²) in [4.78, 5) is 34.0. The summed E-state index contributed by atoms with van der Waals surface area (Å²) in [7, 11) is 0. The molecule has 8 nitrogen and oxygen atoms in total. The molecule has 33 heavy (non-hydrogen) atoms. The van der Waals surface area contributed by atoms with Crippen LogP contribution in [-0.2, 0) is 11.3 Å². The highest BCUT2D eigenvalue weighted by Crippen LogP contribution is 2.18. The maximum atomic E-state index is 12.9. The molecule has 3 amide bonds. The molecule has 1 unspecified atom stereocenters. The zero-order valence-corrected chi connectivity index (χ0v) is 18.5. The fourth-order valence-corrected chi connectivity index (χ4v) is 3.47. The molecular formula is C25H26N6O2. The number of rotatable bonds is 7. The zero-order chi connectivity index (χ0) is 23.2. The number of anilines is 1. The van der Waals surface area contributed by atoms with Crippen molar-refractivity contribution in [3.05, 3.63) is 84.8 Å². The second-order valence-corrected chi connectivity index (χ2v) is 8.03. The second kappa shape index (κ2) is 9.95. The van der Waals surface area contributed by atoms with Crippen molar-refractivity contribution in [1.82, 2.24) is 25.2 Å². The number of urea groups is 1. The van der Waals surface area contributed by atoms with Gasteiger partial charge in [0.25, 0.3) is 0 Å². The number of amides is 3.